The summed E-state index contributed by atoms with van der Waals surface area (Å²) in [6.45, 7) is 6.80. The molecule has 0 radical (unpaired) electrons. The Hall–Kier alpha value is -3.09. The highest BCUT2D eigenvalue weighted by atomic mass is 16.7. The number of ether oxygens (including phenoxy) is 4. The van der Waals surface area contributed by atoms with Gasteiger partial charge in [0.05, 0.1) is 18.4 Å². The summed E-state index contributed by atoms with van der Waals surface area (Å²) in [6, 6.07) is 11.4. The minimum Gasteiger partial charge on any atom is -0.489 e. The highest BCUT2D eigenvalue weighted by molar-refractivity contribution is 5.87. The van der Waals surface area contributed by atoms with Crippen LogP contribution in [0.15, 0.2) is 36.4 Å². The van der Waals surface area contributed by atoms with Crippen LogP contribution < -0.4 is 24.8 Å². The molecule has 1 heterocycles. The molecule has 1 amide bonds. The van der Waals surface area contributed by atoms with Crippen LogP contribution in [-0.2, 0) is 11.3 Å². The molecule has 7 heteroatoms. The summed E-state index contributed by atoms with van der Waals surface area (Å²) >= 11 is 0. The summed E-state index contributed by atoms with van der Waals surface area (Å²) in [5.74, 6) is 2.10. The van der Waals surface area contributed by atoms with E-state index in [2.05, 4.69) is 10.6 Å². The molecule has 0 saturated heterocycles. The number of benzene rings is 2. The Morgan fingerprint density at radius 3 is 2.74 bits per heavy atom. The maximum atomic E-state index is 11.7. The van der Waals surface area contributed by atoms with E-state index in [-0.39, 0.29) is 12.9 Å². The SMILES string of the molecule is CCOC(=O)Nc1ccc(NCc2ccc3c(c2)OCO3)cc1OC(C)C. The van der Waals surface area contributed by atoms with E-state index in [1.165, 1.54) is 0 Å². The van der Waals surface area contributed by atoms with Gasteiger partial charge >= 0.3 is 6.09 Å². The highest BCUT2D eigenvalue weighted by Crippen LogP contribution is 2.33. The number of rotatable bonds is 7. The first kappa shape index (κ1) is 18.7. The van der Waals surface area contributed by atoms with Crippen molar-refractivity contribution >= 4 is 17.5 Å². The minimum atomic E-state index is -0.507. The van der Waals surface area contributed by atoms with Gasteiger partial charge in [-0.15, -0.1) is 0 Å². The van der Waals surface area contributed by atoms with E-state index >= 15 is 0 Å². The molecule has 7 nitrogen and oxygen atoms in total. The lowest BCUT2D eigenvalue weighted by Crippen LogP contribution is -2.15. The van der Waals surface area contributed by atoms with Crippen LogP contribution in [0.1, 0.15) is 26.3 Å². The van der Waals surface area contributed by atoms with Crippen molar-refractivity contribution in [3.63, 3.8) is 0 Å². The third-order valence-corrected chi connectivity index (χ3v) is 3.79. The van der Waals surface area contributed by atoms with Gasteiger partial charge in [0.15, 0.2) is 11.5 Å². The van der Waals surface area contributed by atoms with Crippen LogP contribution in [0, 0.1) is 0 Å². The molecule has 0 fully saturated rings. The van der Waals surface area contributed by atoms with Crippen LogP contribution in [0.4, 0.5) is 16.2 Å². The molecule has 0 aliphatic carbocycles. The standard InChI is InChI=1S/C20H24N2O5/c1-4-24-20(23)22-16-7-6-15(10-18(16)27-13(2)3)21-11-14-5-8-17-19(9-14)26-12-25-17/h5-10,13,21H,4,11-12H2,1-3H3,(H,22,23). The normalized spacial score (nSPS) is 12.0. The molecule has 1 aliphatic rings. The molecule has 0 unspecified atom stereocenters. The zero-order chi connectivity index (χ0) is 19.2. The lowest BCUT2D eigenvalue weighted by atomic mass is 10.2. The maximum Gasteiger partial charge on any atom is 0.411 e. The van der Waals surface area contributed by atoms with Crippen LogP contribution in [0.2, 0.25) is 0 Å². The van der Waals surface area contributed by atoms with Crippen LogP contribution in [0.25, 0.3) is 0 Å². The summed E-state index contributed by atoms with van der Waals surface area (Å²) in [6.07, 6.45) is -0.538. The number of carbonyl (C=O) groups is 1. The number of amides is 1. The molecule has 0 spiro atoms. The average molecular weight is 372 g/mol. The van der Waals surface area contributed by atoms with Gasteiger partial charge in [0.25, 0.3) is 0 Å². The second-order valence-electron chi connectivity index (χ2n) is 6.26. The Morgan fingerprint density at radius 2 is 1.96 bits per heavy atom. The van der Waals surface area contributed by atoms with Gasteiger partial charge in [-0.05, 0) is 50.6 Å². The van der Waals surface area contributed by atoms with Gasteiger partial charge < -0.3 is 24.3 Å². The second-order valence-corrected chi connectivity index (χ2v) is 6.26. The van der Waals surface area contributed by atoms with Gasteiger partial charge in [-0.2, -0.15) is 0 Å². The Morgan fingerprint density at radius 1 is 1.15 bits per heavy atom. The van der Waals surface area contributed by atoms with Crippen molar-refractivity contribution in [1.29, 1.82) is 0 Å². The van der Waals surface area contributed by atoms with Gasteiger partial charge in [0.1, 0.15) is 5.75 Å². The summed E-state index contributed by atoms with van der Waals surface area (Å²) in [7, 11) is 0. The first-order chi connectivity index (χ1) is 13.0. The number of nitrogens with one attached hydrogen (secondary N) is 2. The summed E-state index contributed by atoms with van der Waals surface area (Å²) in [5, 5.41) is 6.05. The van der Waals surface area contributed by atoms with E-state index in [1.807, 2.05) is 44.2 Å². The number of hydrogen-bond acceptors (Lipinski definition) is 6. The summed E-state index contributed by atoms with van der Waals surface area (Å²) in [5.41, 5.74) is 2.51. The molecule has 0 bridgehead atoms. The zero-order valence-electron chi connectivity index (χ0n) is 15.7. The largest absolute Gasteiger partial charge is 0.489 e. The lowest BCUT2D eigenvalue weighted by Gasteiger charge is -2.17. The Kier molecular flexibility index (Phi) is 5.90. The molecule has 0 aromatic heterocycles. The van der Waals surface area contributed by atoms with Crippen molar-refractivity contribution in [2.24, 2.45) is 0 Å². The molecule has 2 aromatic rings. The van der Waals surface area contributed by atoms with E-state index in [0.717, 1.165) is 22.7 Å². The van der Waals surface area contributed by atoms with Gasteiger partial charge in [-0.25, -0.2) is 4.79 Å². The van der Waals surface area contributed by atoms with Crippen molar-refractivity contribution in [2.45, 2.75) is 33.4 Å². The van der Waals surface area contributed by atoms with E-state index in [1.54, 1.807) is 13.0 Å². The monoisotopic (exact) mass is 372 g/mol. The molecule has 3 rings (SSSR count). The molecule has 0 atom stereocenters. The van der Waals surface area contributed by atoms with Crippen LogP contribution in [0.3, 0.4) is 0 Å². The van der Waals surface area contributed by atoms with Crippen LogP contribution >= 0.6 is 0 Å². The predicted molar refractivity (Wildman–Crippen MR) is 103 cm³/mol. The summed E-state index contributed by atoms with van der Waals surface area (Å²) < 4.78 is 21.5. The fourth-order valence-electron chi connectivity index (χ4n) is 2.62. The minimum absolute atomic E-state index is 0.0307. The molecule has 0 saturated carbocycles. The number of carbonyl (C=O) groups excluding carboxylic acids is 1. The van der Waals surface area contributed by atoms with Gasteiger partial charge in [0.2, 0.25) is 6.79 Å². The van der Waals surface area contributed by atoms with Crippen molar-refractivity contribution < 1.29 is 23.7 Å². The molecule has 1 aliphatic heterocycles. The Bertz CT molecular complexity index is 807. The van der Waals surface area contributed by atoms with Gasteiger partial charge in [-0.3, -0.25) is 5.32 Å². The smallest absolute Gasteiger partial charge is 0.411 e. The van der Waals surface area contributed by atoms with E-state index < -0.39 is 6.09 Å². The third kappa shape index (κ3) is 4.97. The first-order valence-electron chi connectivity index (χ1n) is 8.92. The molecule has 144 valence electrons. The first-order valence-corrected chi connectivity index (χ1v) is 8.92. The van der Waals surface area contributed by atoms with Crippen molar-refractivity contribution in [1.82, 2.24) is 0 Å². The third-order valence-electron chi connectivity index (χ3n) is 3.79. The van der Waals surface area contributed by atoms with E-state index in [0.29, 0.717) is 24.6 Å². The quantitative estimate of drug-likeness (QED) is 0.751. The van der Waals surface area contributed by atoms with Crippen molar-refractivity contribution in [3.8, 4) is 17.2 Å². The highest BCUT2D eigenvalue weighted by Gasteiger charge is 2.14. The summed E-state index contributed by atoms with van der Waals surface area (Å²) in [4.78, 5) is 11.7. The number of anilines is 2. The molecule has 2 N–H and O–H groups in total. The van der Waals surface area contributed by atoms with Crippen LogP contribution in [-0.4, -0.2) is 25.6 Å². The molecular formula is C20H24N2O5. The van der Waals surface area contributed by atoms with Gasteiger partial charge in [0, 0.05) is 18.3 Å². The van der Waals surface area contributed by atoms with E-state index in [9.17, 15) is 4.79 Å². The number of hydrogen-bond donors (Lipinski definition) is 2. The maximum absolute atomic E-state index is 11.7. The number of fused-ring (bicyclic) bond motifs is 1. The van der Waals surface area contributed by atoms with Crippen LogP contribution in [0.5, 0.6) is 17.2 Å². The van der Waals surface area contributed by atoms with Gasteiger partial charge in [-0.1, -0.05) is 6.07 Å². The fourth-order valence-corrected chi connectivity index (χ4v) is 2.62. The molecule has 27 heavy (non-hydrogen) atoms. The predicted octanol–water partition coefficient (Wildman–Crippen LogP) is 4.38. The topological polar surface area (TPSA) is 78.1 Å². The Labute approximate surface area is 158 Å². The second kappa shape index (κ2) is 8.53. The van der Waals surface area contributed by atoms with E-state index in [4.69, 9.17) is 18.9 Å². The molecule has 2 aromatic carbocycles. The van der Waals surface area contributed by atoms with Crippen molar-refractivity contribution in [2.75, 3.05) is 24.0 Å². The molecular weight excluding hydrogens is 348 g/mol. The average Bonchev–Trinajstić information content (AvgIpc) is 3.09. The zero-order valence-corrected chi connectivity index (χ0v) is 15.7. The fraction of sp³-hybridized carbons (Fsp3) is 0.350. The Balaban J connectivity index is 1.70. The lowest BCUT2D eigenvalue weighted by molar-refractivity contribution is 0.167. The van der Waals surface area contributed by atoms with Crippen molar-refractivity contribution in [3.05, 3.63) is 42.0 Å².